The second kappa shape index (κ2) is 7.23. The normalized spacial score (nSPS) is 19.6. The Hall–Kier alpha value is -1.63. The van der Waals surface area contributed by atoms with Crippen molar-refractivity contribution in [2.24, 2.45) is 0 Å². The summed E-state index contributed by atoms with van der Waals surface area (Å²) in [7, 11) is 3.88. The van der Waals surface area contributed by atoms with Crippen LogP contribution >= 0.6 is 0 Å². The van der Waals surface area contributed by atoms with E-state index in [1.54, 1.807) is 7.05 Å². The van der Waals surface area contributed by atoms with E-state index in [2.05, 4.69) is 32.2 Å². The van der Waals surface area contributed by atoms with Crippen LogP contribution in [0.1, 0.15) is 26.2 Å². The summed E-state index contributed by atoms with van der Waals surface area (Å²) in [5, 5.41) is 2.88. The maximum absolute atomic E-state index is 5.72. The van der Waals surface area contributed by atoms with Crippen LogP contribution in [0, 0.1) is 0 Å². The SMILES string of the molecule is CCOc1nc(NC)nc(OCC2CCCCN2C)n1. The van der Waals surface area contributed by atoms with Crippen molar-refractivity contribution in [1.29, 1.82) is 0 Å². The van der Waals surface area contributed by atoms with Gasteiger partial charge in [0.25, 0.3) is 0 Å². The van der Waals surface area contributed by atoms with Gasteiger partial charge in [0.05, 0.1) is 6.61 Å². The van der Waals surface area contributed by atoms with Gasteiger partial charge < -0.3 is 19.7 Å². The highest BCUT2D eigenvalue weighted by Gasteiger charge is 2.20. The van der Waals surface area contributed by atoms with E-state index >= 15 is 0 Å². The predicted molar refractivity (Wildman–Crippen MR) is 76.3 cm³/mol. The molecule has 0 bridgehead atoms. The molecule has 0 aromatic carbocycles. The molecule has 0 amide bonds. The molecule has 7 heteroatoms. The molecule has 1 aromatic heterocycles. The second-order valence-corrected chi connectivity index (χ2v) is 4.85. The predicted octanol–water partition coefficient (Wildman–Crippen LogP) is 1.18. The van der Waals surface area contributed by atoms with E-state index in [4.69, 9.17) is 9.47 Å². The number of rotatable bonds is 6. The summed E-state index contributed by atoms with van der Waals surface area (Å²) < 4.78 is 11.0. The molecule has 7 nitrogen and oxygen atoms in total. The van der Waals surface area contributed by atoms with Gasteiger partial charge in [0, 0.05) is 13.1 Å². The number of nitrogens with one attached hydrogen (secondary N) is 1. The monoisotopic (exact) mass is 281 g/mol. The van der Waals surface area contributed by atoms with Crippen molar-refractivity contribution in [1.82, 2.24) is 19.9 Å². The zero-order chi connectivity index (χ0) is 14.4. The Balaban J connectivity index is 1.98. The number of likely N-dealkylation sites (N-methyl/N-ethyl adjacent to an activating group) is 1. The Bertz CT molecular complexity index is 429. The minimum absolute atomic E-state index is 0.291. The minimum Gasteiger partial charge on any atom is -0.464 e. The zero-order valence-corrected chi connectivity index (χ0v) is 12.4. The van der Waals surface area contributed by atoms with Crippen LogP contribution in [0.15, 0.2) is 0 Å². The molecule has 1 unspecified atom stereocenters. The molecular formula is C13H23N5O2. The fourth-order valence-electron chi connectivity index (χ4n) is 2.23. The maximum Gasteiger partial charge on any atom is 0.324 e. The summed E-state index contributed by atoms with van der Waals surface area (Å²) in [6, 6.07) is 1.03. The molecule has 1 aliphatic heterocycles. The Morgan fingerprint density at radius 2 is 1.95 bits per heavy atom. The molecule has 1 aromatic rings. The molecule has 1 aliphatic rings. The second-order valence-electron chi connectivity index (χ2n) is 4.85. The van der Waals surface area contributed by atoms with Gasteiger partial charge in [0.1, 0.15) is 6.61 Å². The average Bonchev–Trinajstić information content (AvgIpc) is 2.46. The molecule has 1 N–H and O–H groups in total. The first-order chi connectivity index (χ1) is 9.72. The van der Waals surface area contributed by atoms with E-state index in [1.807, 2.05) is 6.92 Å². The van der Waals surface area contributed by atoms with E-state index in [-0.39, 0.29) is 0 Å². The number of anilines is 1. The van der Waals surface area contributed by atoms with E-state index in [0.29, 0.717) is 37.2 Å². The lowest BCUT2D eigenvalue weighted by molar-refractivity contribution is 0.119. The van der Waals surface area contributed by atoms with Crippen molar-refractivity contribution in [2.75, 3.05) is 39.2 Å². The van der Waals surface area contributed by atoms with Crippen molar-refractivity contribution >= 4 is 5.95 Å². The highest BCUT2D eigenvalue weighted by molar-refractivity contribution is 5.26. The largest absolute Gasteiger partial charge is 0.464 e. The smallest absolute Gasteiger partial charge is 0.324 e. The quantitative estimate of drug-likeness (QED) is 0.839. The molecular weight excluding hydrogens is 258 g/mol. The molecule has 0 spiro atoms. The van der Waals surface area contributed by atoms with Gasteiger partial charge >= 0.3 is 12.0 Å². The number of likely N-dealkylation sites (tertiary alicyclic amines) is 1. The third kappa shape index (κ3) is 3.93. The highest BCUT2D eigenvalue weighted by Crippen LogP contribution is 2.17. The van der Waals surface area contributed by atoms with Crippen molar-refractivity contribution in [3.05, 3.63) is 0 Å². The molecule has 2 rings (SSSR count). The number of hydrogen-bond acceptors (Lipinski definition) is 7. The van der Waals surface area contributed by atoms with Gasteiger partial charge in [-0.15, -0.1) is 4.98 Å². The first-order valence-electron chi connectivity index (χ1n) is 7.12. The first-order valence-corrected chi connectivity index (χ1v) is 7.12. The zero-order valence-electron chi connectivity index (χ0n) is 12.4. The van der Waals surface area contributed by atoms with Gasteiger partial charge in [-0.3, -0.25) is 0 Å². The molecule has 2 heterocycles. The fourth-order valence-corrected chi connectivity index (χ4v) is 2.23. The van der Waals surface area contributed by atoms with Gasteiger partial charge in [-0.05, 0) is 33.4 Å². The van der Waals surface area contributed by atoms with Crippen LogP contribution < -0.4 is 14.8 Å². The summed E-state index contributed by atoms with van der Waals surface area (Å²) in [5.74, 6) is 0.454. The lowest BCUT2D eigenvalue weighted by Gasteiger charge is -2.31. The van der Waals surface area contributed by atoms with E-state index < -0.39 is 0 Å². The first kappa shape index (κ1) is 14.8. The fraction of sp³-hybridized carbons (Fsp3) is 0.769. The van der Waals surface area contributed by atoms with Crippen molar-refractivity contribution in [3.63, 3.8) is 0 Å². The molecule has 1 saturated heterocycles. The van der Waals surface area contributed by atoms with Gasteiger partial charge in [-0.25, -0.2) is 0 Å². The lowest BCUT2D eigenvalue weighted by atomic mass is 10.0. The third-order valence-electron chi connectivity index (χ3n) is 3.42. The van der Waals surface area contributed by atoms with Crippen LogP contribution in [0.5, 0.6) is 12.0 Å². The van der Waals surface area contributed by atoms with E-state index in [0.717, 1.165) is 13.0 Å². The molecule has 0 saturated carbocycles. The summed E-state index contributed by atoms with van der Waals surface area (Å²) >= 11 is 0. The summed E-state index contributed by atoms with van der Waals surface area (Å²) in [6.45, 7) is 4.12. The number of piperidine rings is 1. The standard InChI is InChI=1S/C13H23N5O2/c1-4-19-12-15-11(14-2)16-13(17-12)20-9-10-7-5-6-8-18(10)3/h10H,4-9H2,1-3H3,(H,14,15,16,17). The van der Waals surface area contributed by atoms with Gasteiger partial charge in [-0.2, -0.15) is 9.97 Å². The number of ether oxygens (including phenoxy) is 2. The molecule has 0 radical (unpaired) electrons. The van der Waals surface area contributed by atoms with Crippen molar-refractivity contribution < 1.29 is 9.47 Å². The lowest BCUT2D eigenvalue weighted by Crippen LogP contribution is -2.40. The molecule has 0 aliphatic carbocycles. The average molecular weight is 281 g/mol. The minimum atomic E-state index is 0.291. The Labute approximate surface area is 119 Å². The Morgan fingerprint density at radius 1 is 1.20 bits per heavy atom. The highest BCUT2D eigenvalue weighted by atomic mass is 16.5. The van der Waals surface area contributed by atoms with Crippen LogP contribution in [-0.4, -0.2) is 59.7 Å². The maximum atomic E-state index is 5.72. The molecule has 1 fully saturated rings. The summed E-state index contributed by atoms with van der Waals surface area (Å²) in [6.07, 6.45) is 3.66. The van der Waals surface area contributed by atoms with Crippen LogP contribution in [-0.2, 0) is 0 Å². The molecule has 112 valence electrons. The van der Waals surface area contributed by atoms with Crippen LogP contribution in [0.4, 0.5) is 5.95 Å². The van der Waals surface area contributed by atoms with Crippen LogP contribution in [0.25, 0.3) is 0 Å². The van der Waals surface area contributed by atoms with Crippen LogP contribution in [0.2, 0.25) is 0 Å². The van der Waals surface area contributed by atoms with E-state index in [9.17, 15) is 0 Å². The Morgan fingerprint density at radius 3 is 2.60 bits per heavy atom. The van der Waals surface area contributed by atoms with Gasteiger partial charge in [0.2, 0.25) is 5.95 Å². The van der Waals surface area contributed by atoms with Gasteiger partial charge in [0.15, 0.2) is 0 Å². The number of aromatic nitrogens is 3. The summed E-state index contributed by atoms with van der Waals surface area (Å²) in [5.41, 5.74) is 0. The van der Waals surface area contributed by atoms with E-state index in [1.165, 1.54) is 12.8 Å². The molecule has 20 heavy (non-hydrogen) atoms. The number of hydrogen-bond donors (Lipinski definition) is 1. The number of nitrogens with zero attached hydrogens (tertiary/aromatic N) is 4. The molecule has 1 atom stereocenters. The topological polar surface area (TPSA) is 72.4 Å². The van der Waals surface area contributed by atoms with Crippen LogP contribution in [0.3, 0.4) is 0 Å². The van der Waals surface area contributed by atoms with Gasteiger partial charge in [-0.1, -0.05) is 6.42 Å². The summed E-state index contributed by atoms with van der Waals surface area (Å²) in [4.78, 5) is 14.8. The van der Waals surface area contributed by atoms with Crippen molar-refractivity contribution in [2.45, 2.75) is 32.2 Å². The Kier molecular flexibility index (Phi) is 5.34. The van der Waals surface area contributed by atoms with Crippen molar-refractivity contribution in [3.8, 4) is 12.0 Å². The third-order valence-corrected chi connectivity index (χ3v) is 3.42.